The van der Waals surface area contributed by atoms with Crippen molar-refractivity contribution in [2.45, 2.75) is 0 Å². The molecule has 0 N–H and O–H groups in total. The van der Waals surface area contributed by atoms with E-state index in [4.69, 9.17) is 9.97 Å². The fourth-order valence-electron chi connectivity index (χ4n) is 8.86. The number of thiophene rings is 1. The standard InChI is InChI=1S/C52H32N4S/c1-3-15-34(16-4-1)55-46-26-10-7-19-36(46)39-22-13-24-41(50(39)55)44-32-45(54-52(53-44)33-29-30-49-43(31-33)38-21-9-12-28-48(38)57-49)42-25-14-23-40-37-20-8-11-27-47(37)56(51(40)42)35-17-5-2-6-18-35/h1-32H. The first-order valence-corrected chi connectivity index (χ1v) is 20.1. The number of rotatable bonds is 5. The Morgan fingerprint density at radius 1 is 0.351 bits per heavy atom. The third-order valence-electron chi connectivity index (χ3n) is 11.3. The lowest BCUT2D eigenvalue weighted by Gasteiger charge is -2.15. The molecule has 0 fully saturated rings. The fourth-order valence-corrected chi connectivity index (χ4v) is 9.94. The lowest BCUT2D eigenvalue weighted by molar-refractivity contribution is 1.16. The zero-order valence-electron chi connectivity index (χ0n) is 30.7. The number of fused-ring (bicyclic) bond motifs is 9. The number of hydrogen-bond donors (Lipinski definition) is 0. The summed E-state index contributed by atoms with van der Waals surface area (Å²) >= 11 is 1.82. The first kappa shape index (κ1) is 32.0. The van der Waals surface area contributed by atoms with Crippen LogP contribution in [0, 0.1) is 0 Å². The highest BCUT2D eigenvalue weighted by Gasteiger charge is 2.22. The summed E-state index contributed by atoms with van der Waals surface area (Å²) in [4.78, 5) is 11.0. The summed E-state index contributed by atoms with van der Waals surface area (Å²) < 4.78 is 7.31. The molecule has 12 aromatic rings. The Balaban J connectivity index is 1.19. The summed E-state index contributed by atoms with van der Waals surface area (Å²) in [6.45, 7) is 0. The zero-order valence-corrected chi connectivity index (χ0v) is 31.5. The SMILES string of the molecule is c1ccc(-n2c3ccccc3c3cccc(-c4cc(-c5cccc6c7ccccc7n(-c7ccccc7)c56)nc(-c5ccc6sc7ccccc7c6c5)n4)c32)cc1. The molecule has 4 nitrogen and oxygen atoms in total. The predicted molar refractivity (Wildman–Crippen MR) is 240 cm³/mol. The molecule has 0 amide bonds. The van der Waals surface area contributed by atoms with Gasteiger partial charge in [-0.15, -0.1) is 11.3 Å². The van der Waals surface area contributed by atoms with Crippen molar-refractivity contribution in [3.05, 3.63) is 194 Å². The van der Waals surface area contributed by atoms with Crippen LogP contribution in [0.25, 0.3) is 109 Å². The summed E-state index contributed by atoms with van der Waals surface area (Å²) in [5.74, 6) is 0.693. The summed E-state index contributed by atoms with van der Waals surface area (Å²) in [5.41, 5.74) is 11.6. The average molecular weight is 745 g/mol. The van der Waals surface area contributed by atoms with Crippen LogP contribution < -0.4 is 0 Å². The highest BCUT2D eigenvalue weighted by molar-refractivity contribution is 7.25. The van der Waals surface area contributed by atoms with E-state index in [9.17, 15) is 0 Å². The number of para-hydroxylation sites is 6. The molecule has 0 aliphatic carbocycles. The average Bonchev–Trinajstić information content (AvgIpc) is 3.94. The van der Waals surface area contributed by atoms with Gasteiger partial charge in [0.2, 0.25) is 0 Å². The van der Waals surface area contributed by atoms with Gasteiger partial charge in [0.05, 0.1) is 33.5 Å². The molecule has 0 saturated carbocycles. The second-order valence-electron chi connectivity index (χ2n) is 14.6. The van der Waals surface area contributed by atoms with Gasteiger partial charge in [0, 0.05) is 69.8 Å². The van der Waals surface area contributed by atoms with Gasteiger partial charge in [-0.2, -0.15) is 0 Å². The molecule has 0 saturated heterocycles. The minimum Gasteiger partial charge on any atom is -0.309 e. The number of hydrogen-bond acceptors (Lipinski definition) is 3. The maximum absolute atomic E-state index is 5.50. The van der Waals surface area contributed by atoms with E-state index in [-0.39, 0.29) is 0 Å². The fraction of sp³-hybridized carbons (Fsp3) is 0. The zero-order chi connectivity index (χ0) is 37.5. The lowest BCUT2D eigenvalue weighted by atomic mass is 10.0. The highest BCUT2D eigenvalue weighted by atomic mass is 32.1. The molecule has 12 rings (SSSR count). The van der Waals surface area contributed by atoms with Crippen LogP contribution in [-0.4, -0.2) is 19.1 Å². The molecule has 0 aliphatic heterocycles. The third-order valence-corrected chi connectivity index (χ3v) is 12.5. The summed E-state index contributed by atoms with van der Waals surface area (Å²) in [5, 5.41) is 7.27. The molecular formula is C52H32N4S. The largest absolute Gasteiger partial charge is 0.309 e. The van der Waals surface area contributed by atoms with Crippen molar-refractivity contribution in [3.63, 3.8) is 0 Å². The smallest absolute Gasteiger partial charge is 0.160 e. The predicted octanol–water partition coefficient (Wildman–Crippen LogP) is 14.0. The molecule has 57 heavy (non-hydrogen) atoms. The Morgan fingerprint density at radius 2 is 0.825 bits per heavy atom. The Morgan fingerprint density at radius 3 is 1.40 bits per heavy atom. The van der Waals surface area contributed by atoms with E-state index in [0.717, 1.165) is 61.5 Å². The van der Waals surface area contributed by atoms with Crippen LogP contribution in [0.3, 0.4) is 0 Å². The van der Waals surface area contributed by atoms with Gasteiger partial charge in [0.25, 0.3) is 0 Å². The van der Waals surface area contributed by atoms with Gasteiger partial charge in [-0.1, -0.05) is 127 Å². The van der Waals surface area contributed by atoms with E-state index >= 15 is 0 Å². The molecule has 0 unspecified atom stereocenters. The van der Waals surface area contributed by atoms with Crippen LogP contribution in [0.15, 0.2) is 194 Å². The van der Waals surface area contributed by atoms with Gasteiger partial charge in [-0.25, -0.2) is 9.97 Å². The third kappa shape index (κ3) is 4.93. The molecule has 0 spiro atoms. The molecule has 5 heteroatoms. The van der Waals surface area contributed by atoms with Gasteiger partial charge in [-0.05, 0) is 66.7 Å². The number of aromatic nitrogens is 4. The molecule has 4 aromatic heterocycles. The lowest BCUT2D eigenvalue weighted by Crippen LogP contribution is -2.00. The molecule has 266 valence electrons. The maximum Gasteiger partial charge on any atom is 0.160 e. The summed E-state index contributed by atoms with van der Waals surface area (Å²) in [6.07, 6.45) is 0. The Bertz CT molecular complexity index is 3340. The minimum atomic E-state index is 0.693. The van der Waals surface area contributed by atoms with Gasteiger partial charge < -0.3 is 9.13 Å². The van der Waals surface area contributed by atoms with Crippen molar-refractivity contribution in [1.82, 2.24) is 19.1 Å². The van der Waals surface area contributed by atoms with Gasteiger partial charge in [0.15, 0.2) is 5.82 Å². The van der Waals surface area contributed by atoms with Crippen molar-refractivity contribution in [2.24, 2.45) is 0 Å². The maximum atomic E-state index is 5.50. The van der Waals surface area contributed by atoms with Crippen molar-refractivity contribution in [1.29, 1.82) is 0 Å². The van der Waals surface area contributed by atoms with E-state index in [1.54, 1.807) is 0 Å². The van der Waals surface area contributed by atoms with Gasteiger partial charge >= 0.3 is 0 Å². The van der Waals surface area contributed by atoms with Crippen molar-refractivity contribution < 1.29 is 0 Å². The van der Waals surface area contributed by atoms with Crippen LogP contribution in [-0.2, 0) is 0 Å². The molecule has 4 heterocycles. The molecule has 0 radical (unpaired) electrons. The quantitative estimate of drug-likeness (QED) is 0.176. The van der Waals surface area contributed by atoms with Crippen LogP contribution in [0.5, 0.6) is 0 Å². The van der Waals surface area contributed by atoms with Crippen LogP contribution in [0.2, 0.25) is 0 Å². The van der Waals surface area contributed by atoms with Gasteiger partial charge in [-0.3, -0.25) is 0 Å². The Kier molecular flexibility index (Phi) is 7.06. The first-order chi connectivity index (χ1) is 28.3. The molecule has 0 bridgehead atoms. The molecule has 0 atom stereocenters. The topological polar surface area (TPSA) is 35.6 Å². The van der Waals surface area contributed by atoms with E-state index in [0.29, 0.717) is 5.82 Å². The van der Waals surface area contributed by atoms with Crippen LogP contribution in [0.1, 0.15) is 0 Å². The number of nitrogens with zero attached hydrogens (tertiary/aromatic N) is 4. The van der Waals surface area contributed by atoms with Gasteiger partial charge in [0.1, 0.15) is 0 Å². The molecule has 8 aromatic carbocycles. The normalized spacial score (nSPS) is 11.9. The number of benzene rings is 8. The molecular weight excluding hydrogens is 713 g/mol. The first-order valence-electron chi connectivity index (χ1n) is 19.3. The molecule has 0 aliphatic rings. The second kappa shape index (κ2) is 12.6. The van der Waals surface area contributed by atoms with E-state index in [1.807, 2.05) is 11.3 Å². The van der Waals surface area contributed by atoms with E-state index < -0.39 is 0 Å². The Hall–Kier alpha value is -7.34. The monoisotopic (exact) mass is 744 g/mol. The van der Waals surface area contributed by atoms with Crippen LogP contribution >= 0.6 is 11.3 Å². The van der Waals surface area contributed by atoms with E-state index in [2.05, 4.69) is 203 Å². The summed E-state index contributed by atoms with van der Waals surface area (Å²) in [7, 11) is 0. The Labute approximate surface area is 332 Å². The highest BCUT2D eigenvalue weighted by Crippen LogP contribution is 2.42. The van der Waals surface area contributed by atoms with Crippen molar-refractivity contribution >= 4 is 75.1 Å². The van der Waals surface area contributed by atoms with Crippen molar-refractivity contribution in [3.8, 4) is 45.3 Å². The van der Waals surface area contributed by atoms with E-state index in [1.165, 1.54) is 41.7 Å². The van der Waals surface area contributed by atoms with Crippen molar-refractivity contribution in [2.75, 3.05) is 0 Å². The minimum absolute atomic E-state index is 0.693. The van der Waals surface area contributed by atoms with Crippen LogP contribution in [0.4, 0.5) is 0 Å². The summed E-state index contributed by atoms with van der Waals surface area (Å²) in [6, 6.07) is 69.5. The second-order valence-corrected chi connectivity index (χ2v) is 15.6.